The van der Waals surface area contributed by atoms with E-state index in [1.54, 1.807) is 18.2 Å². The molecule has 0 radical (unpaired) electrons. The number of rotatable bonds is 6. The Bertz CT molecular complexity index is 1010. The number of carbonyl (C=O) groups excluding carboxylic acids is 1. The molecule has 0 spiro atoms. The zero-order chi connectivity index (χ0) is 24.9. The zero-order valence-corrected chi connectivity index (χ0v) is 21.7. The summed E-state index contributed by atoms with van der Waals surface area (Å²) < 4.78 is 47.8. The van der Waals surface area contributed by atoms with Crippen LogP contribution in [0, 0.1) is 20.8 Å². The van der Waals surface area contributed by atoms with Crippen molar-refractivity contribution in [2.75, 3.05) is 0 Å². The number of hydrogen-bond donors (Lipinski definition) is 0. The van der Waals surface area contributed by atoms with Gasteiger partial charge in [-0.2, -0.15) is 4.57 Å². The van der Waals surface area contributed by atoms with Gasteiger partial charge >= 0.3 is 33.6 Å². The van der Waals surface area contributed by atoms with Gasteiger partial charge in [-0.3, -0.25) is 0 Å². The van der Waals surface area contributed by atoms with Crippen LogP contribution < -0.4 is 13.6 Å². The van der Waals surface area contributed by atoms with E-state index < -0.39 is 26.9 Å². The average Bonchev–Trinajstić information content (AvgIpc) is 2.73. The molecule has 0 fully saturated rings. The quantitative estimate of drug-likeness (QED) is 0.274. The van der Waals surface area contributed by atoms with Crippen molar-refractivity contribution in [3.63, 3.8) is 0 Å². The SMILES string of the molecule is CC(C)=O.Cc1ccccc1OP(=O)(Oc1ccccc1C)Oc1ccccc1C.[O]=[Ti]=[O]. The van der Waals surface area contributed by atoms with E-state index in [1.165, 1.54) is 13.8 Å². The van der Waals surface area contributed by atoms with Crippen LogP contribution in [-0.2, 0) is 35.1 Å². The van der Waals surface area contributed by atoms with Crippen molar-refractivity contribution in [2.24, 2.45) is 0 Å². The molecule has 3 aromatic rings. The number of aryl methyl sites for hydroxylation is 3. The summed E-state index contributed by atoms with van der Waals surface area (Å²) in [6, 6.07) is 22.0. The molecule has 0 atom stereocenters. The van der Waals surface area contributed by atoms with Gasteiger partial charge in [-0.05, 0) is 69.5 Å². The van der Waals surface area contributed by atoms with Gasteiger partial charge in [0.25, 0.3) is 0 Å². The Balaban J connectivity index is 0.000000688. The van der Waals surface area contributed by atoms with E-state index in [4.69, 9.17) is 20.2 Å². The molecule has 9 heteroatoms. The van der Waals surface area contributed by atoms with Gasteiger partial charge in [0.05, 0.1) is 0 Å². The van der Waals surface area contributed by atoms with Gasteiger partial charge < -0.3 is 18.4 Å². The van der Waals surface area contributed by atoms with Gasteiger partial charge in [0.2, 0.25) is 0 Å². The monoisotopic (exact) mass is 506 g/mol. The fourth-order valence-electron chi connectivity index (χ4n) is 2.39. The number of benzene rings is 3. The number of phosphoric ester groups is 1. The molecule has 0 amide bonds. The Morgan fingerprint density at radius 3 is 1.06 bits per heavy atom. The summed E-state index contributed by atoms with van der Waals surface area (Å²) in [6.45, 7) is 8.68. The molecular formula is C24H27O7PTi. The fraction of sp³-hybridized carbons (Fsp3) is 0.208. The molecule has 0 N–H and O–H groups in total. The van der Waals surface area contributed by atoms with Crippen LogP contribution in [0.3, 0.4) is 0 Å². The molecule has 0 aliphatic heterocycles. The van der Waals surface area contributed by atoms with Gasteiger partial charge in [0.1, 0.15) is 23.0 Å². The molecular weight excluding hydrogens is 479 g/mol. The fourth-order valence-corrected chi connectivity index (χ4v) is 3.84. The number of para-hydroxylation sites is 3. The third-order valence-electron chi connectivity index (χ3n) is 3.91. The van der Waals surface area contributed by atoms with Crippen molar-refractivity contribution < 1.29 is 48.7 Å². The van der Waals surface area contributed by atoms with Crippen LogP contribution in [0.25, 0.3) is 0 Å². The maximum atomic E-state index is 13.5. The van der Waals surface area contributed by atoms with E-state index in [2.05, 4.69) is 0 Å². The van der Waals surface area contributed by atoms with Crippen molar-refractivity contribution in [3.05, 3.63) is 89.5 Å². The molecule has 0 aromatic heterocycles. The summed E-state index contributed by atoms with van der Waals surface area (Å²) in [5.41, 5.74) is 2.53. The third kappa shape index (κ3) is 10.6. The van der Waals surface area contributed by atoms with E-state index >= 15 is 0 Å². The molecule has 3 rings (SSSR count). The van der Waals surface area contributed by atoms with Crippen molar-refractivity contribution in [1.82, 2.24) is 0 Å². The summed E-state index contributed by atoms with van der Waals surface area (Å²) in [5.74, 6) is 1.54. The van der Waals surface area contributed by atoms with Crippen LogP contribution in [0.1, 0.15) is 30.5 Å². The van der Waals surface area contributed by atoms with Crippen LogP contribution in [0.2, 0.25) is 0 Å². The van der Waals surface area contributed by atoms with Gasteiger partial charge in [0.15, 0.2) is 0 Å². The summed E-state index contributed by atoms with van der Waals surface area (Å²) in [7, 11) is -3.97. The molecule has 3 aromatic carbocycles. The zero-order valence-electron chi connectivity index (χ0n) is 19.2. The van der Waals surface area contributed by atoms with E-state index in [0.717, 1.165) is 16.7 Å². The van der Waals surface area contributed by atoms with Gasteiger partial charge in [-0.15, -0.1) is 0 Å². The summed E-state index contributed by atoms with van der Waals surface area (Å²) >= 11 is -2.00. The number of hydrogen-bond acceptors (Lipinski definition) is 7. The van der Waals surface area contributed by atoms with Crippen molar-refractivity contribution in [2.45, 2.75) is 34.6 Å². The van der Waals surface area contributed by atoms with Crippen LogP contribution >= 0.6 is 7.82 Å². The van der Waals surface area contributed by atoms with E-state index in [9.17, 15) is 9.36 Å². The number of Topliss-reactive ketones (excluding diaryl/α,β-unsaturated/α-hetero) is 1. The second-order valence-corrected chi connectivity index (χ2v) is 8.71. The molecule has 0 saturated heterocycles. The molecule has 0 saturated carbocycles. The molecule has 0 bridgehead atoms. The topological polar surface area (TPSA) is 96.0 Å². The van der Waals surface area contributed by atoms with Crippen molar-refractivity contribution >= 4 is 13.6 Å². The van der Waals surface area contributed by atoms with Crippen LogP contribution in [-0.4, -0.2) is 5.78 Å². The predicted molar refractivity (Wildman–Crippen MR) is 121 cm³/mol. The number of carbonyl (C=O) groups is 1. The predicted octanol–water partition coefficient (Wildman–Crippen LogP) is 6.61. The molecule has 0 aliphatic rings. The van der Waals surface area contributed by atoms with Crippen molar-refractivity contribution in [1.29, 1.82) is 0 Å². The minimum absolute atomic E-state index is 0.167. The summed E-state index contributed by atoms with van der Waals surface area (Å²) in [4.78, 5) is 9.44. The maximum absolute atomic E-state index is 13.5. The van der Waals surface area contributed by atoms with Gasteiger partial charge in [-0.1, -0.05) is 54.6 Å². The average molecular weight is 506 g/mol. The molecule has 174 valence electrons. The Kier molecular flexibility index (Phi) is 12.4. The molecule has 0 unspecified atom stereocenters. The van der Waals surface area contributed by atoms with E-state index in [1.807, 2.05) is 75.4 Å². The standard InChI is InChI=1S/C21H21O4P.C3H6O.2O.Ti/c1-16-10-4-7-13-19(16)23-26(22,24-20-14-8-5-11-17(20)2)25-21-15-9-6-12-18(21)3;1-3(2)4;;;/h4-15H,1-3H3;1-2H3;;;. The number of ketones is 1. The molecule has 33 heavy (non-hydrogen) atoms. The Hall–Kier alpha value is -2.73. The number of phosphoric acid groups is 1. The first-order valence-corrected chi connectivity index (χ1v) is 12.7. The minimum atomic E-state index is -3.97. The van der Waals surface area contributed by atoms with Gasteiger partial charge in [0, 0.05) is 0 Å². The first-order valence-electron chi connectivity index (χ1n) is 9.94. The van der Waals surface area contributed by atoms with E-state index in [-0.39, 0.29) is 5.78 Å². The first kappa shape index (κ1) is 28.3. The van der Waals surface area contributed by atoms with Crippen LogP contribution in [0.5, 0.6) is 17.2 Å². The van der Waals surface area contributed by atoms with Crippen LogP contribution in [0.15, 0.2) is 72.8 Å². The summed E-state index contributed by atoms with van der Waals surface area (Å²) in [6.07, 6.45) is 0. The normalized spacial score (nSPS) is 9.73. The Morgan fingerprint density at radius 2 is 0.848 bits per heavy atom. The summed E-state index contributed by atoms with van der Waals surface area (Å²) in [5, 5.41) is 0. The third-order valence-corrected chi connectivity index (χ3v) is 5.17. The van der Waals surface area contributed by atoms with Crippen molar-refractivity contribution in [3.8, 4) is 17.2 Å². The molecule has 0 aliphatic carbocycles. The van der Waals surface area contributed by atoms with Crippen LogP contribution in [0.4, 0.5) is 0 Å². The molecule has 0 heterocycles. The van der Waals surface area contributed by atoms with Gasteiger partial charge in [-0.25, -0.2) is 0 Å². The first-order chi connectivity index (χ1) is 15.6. The second-order valence-electron chi connectivity index (χ2n) is 7.01. The van der Waals surface area contributed by atoms with E-state index in [0.29, 0.717) is 17.2 Å². The Morgan fingerprint density at radius 1 is 0.636 bits per heavy atom. The Labute approximate surface area is 203 Å². The second kappa shape index (κ2) is 14.4. The molecule has 7 nitrogen and oxygen atoms in total.